The average Bonchev–Trinajstić information content (AvgIpc) is 2.93. The molecule has 1 amide bonds. The van der Waals surface area contributed by atoms with Gasteiger partial charge in [-0.3, -0.25) is 19.9 Å². The van der Waals surface area contributed by atoms with Gasteiger partial charge in [0, 0.05) is 29.7 Å². The molecular formula is C26H27N5O10. The second-order valence-corrected chi connectivity index (χ2v) is 8.83. The van der Waals surface area contributed by atoms with Crippen LogP contribution in [0.5, 0.6) is 0 Å². The number of carbonyl (C=O) groups excluding carboxylic acids is 3. The maximum absolute atomic E-state index is 13.3. The van der Waals surface area contributed by atoms with Gasteiger partial charge in [0.15, 0.2) is 0 Å². The molecule has 0 aliphatic carbocycles. The van der Waals surface area contributed by atoms with Gasteiger partial charge in [0.2, 0.25) is 0 Å². The van der Waals surface area contributed by atoms with Crippen LogP contribution in [0.3, 0.4) is 0 Å². The molecule has 2 unspecified atom stereocenters. The van der Waals surface area contributed by atoms with E-state index in [-0.39, 0.29) is 41.2 Å². The number of non-ortho nitro benzene ring substituents is 1. The first-order valence-electron chi connectivity index (χ1n) is 12.3. The molecule has 15 nitrogen and oxygen atoms in total. The van der Waals surface area contributed by atoms with Gasteiger partial charge in [-0.05, 0) is 38.5 Å². The quantitative estimate of drug-likeness (QED) is 0.164. The van der Waals surface area contributed by atoms with Crippen LogP contribution in [-0.4, -0.2) is 58.7 Å². The van der Waals surface area contributed by atoms with Gasteiger partial charge < -0.3 is 24.9 Å². The number of hydrogen-bond acceptors (Lipinski definition) is 12. The van der Waals surface area contributed by atoms with E-state index in [2.05, 4.69) is 20.5 Å². The highest BCUT2D eigenvalue weighted by molar-refractivity contribution is 6.00. The Hall–Kier alpha value is -5.34. The monoisotopic (exact) mass is 569 g/mol. The molecule has 1 aliphatic heterocycles. The van der Waals surface area contributed by atoms with Gasteiger partial charge in [-0.2, -0.15) is 0 Å². The van der Waals surface area contributed by atoms with Crippen LogP contribution < -0.4 is 10.6 Å². The summed E-state index contributed by atoms with van der Waals surface area (Å²) in [6.07, 6.45) is 0.383. The molecule has 1 aromatic carbocycles. The first-order valence-corrected chi connectivity index (χ1v) is 12.3. The van der Waals surface area contributed by atoms with Gasteiger partial charge in [-0.1, -0.05) is 18.2 Å². The van der Waals surface area contributed by atoms with E-state index in [1.807, 2.05) is 0 Å². The van der Waals surface area contributed by atoms with Gasteiger partial charge in [-0.25, -0.2) is 9.59 Å². The third-order valence-corrected chi connectivity index (χ3v) is 5.85. The molecule has 2 atom stereocenters. The summed E-state index contributed by atoms with van der Waals surface area (Å²) in [5.41, 5.74) is 0.683. The number of aromatic nitrogens is 1. The Labute approximate surface area is 233 Å². The zero-order chi connectivity index (χ0) is 30.1. The topological polar surface area (TPSA) is 202 Å². The van der Waals surface area contributed by atoms with Crippen molar-refractivity contribution in [3.63, 3.8) is 0 Å². The van der Waals surface area contributed by atoms with Crippen LogP contribution in [0, 0.1) is 20.2 Å². The number of nitro groups is 1. The molecule has 41 heavy (non-hydrogen) atoms. The molecule has 0 spiro atoms. The Morgan fingerprint density at radius 3 is 2.32 bits per heavy atom. The molecule has 1 aromatic heterocycles. The molecule has 2 heterocycles. The van der Waals surface area contributed by atoms with E-state index in [9.17, 15) is 34.6 Å². The fraction of sp³-hybridized carbons (Fsp3) is 0.308. The highest BCUT2D eigenvalue weighted by atomic mass is 17.0. The van der Waals surface area contributed by atoms with E-state index in [4.69, 9.17) is 9.47 Å². The standard InChI is InChI=1S/C26H27N5O10/c1-15(41-31(37)38)14-40-26(34)22-17(3)29-16(2)21(23(22)18-7-6-8-19(13-18)30(35)36)25(33)39-12-11-28-24(32)20-9-4-5-10-27-20/h4-10,13,15,23,29H,11-12,14H2,1-3H3,(H,28,32). The number of carbonyl (C=O) groups is 3. The van der Waals surface area contributed by atoms with Crippen molar-refractivity contribution in [2.75, 3.05) is 19.8 Å². The average molecular weight is 570 g/mol. The van der Waals surface area contributed by atoms with Crippen LogP contribution in [-0.2, 0) is 23.9 Å². The van der Waals surface area contributed by atoms with Gasteiger partial charge in [0.25, 0.3) is 16.7 Å². The molecule has 3 rings (SSSR count). The zero-order valence-corrected chi connectivity index (χ0v) is 22.3. The Bertz CT molecular complexity index is 1410. The first kappa shape index (κ1) is 30.2. The number of amides is 1. The lowest BCUT2D eigenvalue weighted by Crippen LogP contribution is -2.34. The molecule has 2 aromatic rings. The van der Waals surface area contributed by atoms with Crippen LogP contribution >= 0.6 is 0 Å². The molecule has 1 aliphatic rings. The fourth-order valence-electron chi connectivity index (χ4n) is 4.11. The maximum Gasteiger partial charge on any atom is 0.336 e. The summed E-state index contributed by atoms with van der Waals surface area (Å²) in [5, 5.41) is 26.6. The van der Waals surface area contributed by atoms with Crippen LogP contribution in [0.2, 0.25) is 0 Å². The van der Waals surface area contributed by atoms with Crippen LogP contribution in [0.15, 0.2) is 71.2 Å². The number of hydrogen-bond donors (Lipinski definition) is 2. The summed E-state index contributed by atoms with van der Waals surface area (Å²) in [7, 11) is 0. The minimum atomic E-state index is -1.15. The predicted molar refractivity (Wildman–Crippen MR) is 140 cm³/mol. The Balaban J connectivity index is 1.85. The normalized spacial score (nSPS) is 15.3. The summed E-state index contributed by atoms with van der Waals surface area (Å²) < 4.78 is 10.6. The van der Waals surface area contributed by atoms with E-state index in [0.717, 1.165) is 0 Å². The fourth-order valence-corrected chi connectivity index (χ4v) is 4.11. The van der Waals surface area contributed by atoms with Crippen molar-refractivity contribution in [2.45, 2.75) is 32.8 Å². The molecule has 0 bridgehead atoms. The third kappa shape index (κ3) is 7.84. The second-order valence-electron chi connectivity index (χ2n) is 8.83. The Morgan fingerprint density at radius 1 is 1.02 bits per heavy atom. The molecular weight excluding hydrogens is 542 g/mol. The largest absolute Gasteiger partial charge is 0.460 e. The number of nitrogens with one attached hydrogen (secondary N) is 2. The molecule has 216 valence electrons. The van der Waals surface area contributed by atoms with Crippen molar-refractivity contribution in [1.29, 1.82) is 0 Å². The molecule has 2 N–H and O–H groups in total. The van der Waals surface area contributed by atoms with Crippen molar-refractivity contribution in [1.82, 2.24) is 15.6 Å². The zero-order valence-electron chi connectivity index (χ0n) is 22.3. The van der Waals surface area contributed by atoms with Gasteiger partial charge in [0.05, 0.1) is 28.5 Å². The number of nitro benzene ring substituents is 1. The SMILES string of the molecule is CC1=C(C(=O)OCCNC(=O)c2ccccn2)C(c2cccc([N+](=O)[O-])c2)C(C(=O)OCC(C)O[N+](=O)[O-])=C(C)N1. The second kappa shape index (κ2) is 13.6. The van der Waals surface area contributed by atoms with Gasteiger partial charge in [-0.15, -0.1) is 10.1 Å². The lowest BCUT2D eigenvalue weighted by molar-refractivity contribution is -0.767. The smallest absolute Gasteiger partial charge is 0.336 e. The first-order chi connectivity index (χ1) is 19.5. The summed E-state index contributed by atoms with van der Waals surface area (Å²) in [5.74, 6) is -3.39. The number of ether oxygens (including phenoxy) is 2. The van der Waals surface area contributed by atoms with E-state index in [1.165, 1.54) is 43.5 Å². The highest BCUT2D eigenvalue weighted by Crippen LogP contribution is 2.40. The number of esters is 2. The number of rotatable bonds is 12. The Morgan fingerprint density at radius 2 is 1.71 bits per heavy atom. The summed E-state index contributed by atoms with van der Waals surface area (Å²) >= 11 is 0. The number of pyridine rings is 1. The summed E-state index contributed by atoms with van der Waals surface area (Å²) in [6, 6.07) is 10.2. The number of dihydropyridines is 1. The minimum Gasteiger partial charge on any atom is -0.460 e. The Kier molecular flexibility index (Phi) is 10.0. The van der Waals surface area contributed by atoms with E-state index < -0.39 is 46.5 Å². The van der Waals surface area contributed by atoms with Crippen LogP contribution in [0.4, 0.5) is 5.69 Å². The highest BCUT2D eigenvalue weighted by Gasteiger charge is 2.38. The number of nitrogens with zero attached hydrogens (tertiary/aromatic N) is 3. The molecule has 0 fully saturated rings. The van der Waals surface area contributed by atoms with E-state index >= 15 is 0 Å². The molecule has 15 heteroatoms. The van der Waals surface area contributed by atoms with E-state index in [1.54, 1.807) is 26.0 Å². The van der Waals surface area contributed by atoms with Gasteiger partial charge >= 0.3 is 11.9 Å². The van der Waals surface area contributed by atoms with Crippen molar-refractivity contribution in [3.05, 3.63) is 103 Å². The maximum atomic E-state index is 13.3. The van der Waals surface area contributed by atoms with E-state index in [0.29, 0.717) is 11.4 Å². The molecule has 0 saturated carbocycles. The summed E-state index contributed by atoms with van der Waals surface area (Å²) in [4.78, 5) is 68.5. The van der Waals surface area contributed by atoms with Crippen LogP contribution in [0.25, 0.3) is 0 Å². The van der Waals surface area contributed by atoms with Crippen molar-refractivity contribution in [2.24, 2.45) is 0 Å². The van der Waals surface area contributed by atoms with Crippen molar-refractivity contribution < 1.29 is 38.7 Å². The van der Waals surface area contributed by atoms with Crippen LogP contribution in [0.1, 0.15) is 42.7 Å². The predicted octanol–water partition coefficient (Wildman–Crippen LogP) is 2.34. The number of allylic oxidation sites excluding steroid dienone is 2. The lowest BCUT2D eigenvalue weighted by atomic mass is 9.80. The molecule has 0 saturated heterocycles. The van der Waals surface area contributed by atoms with Crippen molar-refractivity contribution >= 4 is 23.5 Å². The lowest BCUT2D eigenvalue weighted by Gasteiger charge is -2.30. The van der Waals surface area contributed by atoms with Gasteiger partial charge in [0.1, 0.15) is 25.0 Å². The number of benzene rings is 1. The van der Waals surface area contributed by atoms with Crippen molar-refractivity contribution in [3.8, 4) is 0 Å². The molecule has 0 radical (unpaired) electrons. The minimum absolute atomic E-state index is 0.0197. The third-order valence-electron chi connectivity index (χ3n) is 5.85. The summed E-state index contributed by atoms with van der Waals surface area (Å²) in [6.45, 7) is 3.71.